The van der Waals surface area contributed by atoms with Crippen LogP contribution in [0.15, 0.2) is 34.4 Å². The van der Waals surface area contributed by atoms with E-state index in [9.17, 15) is 20.2 Å². The third-order valence-electron chi connectivity index (χ3n) is 5.95. The number of unbranched alkanes of at least 4 members (excludes halogenated alkanes) is 2. The second kappa shape index (κ2) is 10.8. The van der Waals surface area contributed by atoms with Crippen LogP contribution in [0.5, 0.6) is 0 Å². The number of allylic oxidation sites excluding steroid dienone is 2. The molecule has 1 aromatic carbocycles. The number of hydrazone groups is 1. The molecule has 0 saturated heterocycles. The number of nitro groups is 2. The zero-order valence-electron chi connectivity index (χ0n) is 18.3. The lowest BCUT2D eigenvalue weighted by Gasteiger charge is -2.34. The lowest BCUT2D eigenvalue weighted by molar-refractivity contribution is -0.393. The average molecular weight is 417 g/mol. The number of anilines is 1. The van der Waals surface area contributed by atoms with Gasteiger partial charge in [-0.15, -0.1) is 0 Å². The van der Waals surface area contributed by atoms with Crippen LogP contribution < -0.4 is 5.43 Å². The molecule has 0 bridgehead atoms. The highest BCUT2D eigenvalue weighted by Crippen LogP contribution is 2.39. The average Bonchev–Trinajstić information content (AvgIpc) is 2.71. The van der Waals surface area contributed by atoms with Gasteiger partial charge in [0.15, 0.2) is 0 Å². The van der Waals surface area contributed by atoms with Crippen molar-refractivity contribution in [1.29, 1.82) is 0 Å². The molecule has 0 radical (unpaired) electrons. The molecule has 1 aromatic rings. The summed E-state index contributed by atoms with van der Waals surface area (Å²) in [6.45, 7) is 8.75. The van der Waals surface area contributed by atoms with Gasteiger partial charge in [0.2, 0.25) is 0 Å². The Bertz CT molecular complexity index is 848. The molecule has 1 N–H and O–H groups in total. The standard InChI is InChI=1S/C22H32N4O4/c1-5-7-9-18-15(3)13-21(16(4)19(18)10-8-6-2)24-23-20-12-11-17(25(27)28)14-22(20)26(29)30/h11-12,14,16,19,23H,5-10,13H2,1-4H3/b24-21-/t16-,19-/m0/s1. The Kier molecular flexibility index (Phi) is 8.50. The first-order valence-corrected chi connectivity index (χ1v) is 10.7. The summed E-state index contributed by atoms with van der Waals surface area (Å²) in [7, 11) is 0. The van der Waals surface area contributed by atoms with Crippen molar-refractivity contribution in [2.75, 3.05) is 5.43 Å². The number of non-ortho nitro benzene ring substituents is 1. The van der Waals surface area contributed by atoms with Gasteiger partial charge in [0.05, 0.1) is 15.9 Å². The Balaban J connectivity index is 2.32. The van der Waals surface area contributed by atoms with Crippen LogP contribution in [0.3, 0.4) is 0 Å². The summed E-state index contributed by atoms with van der Waals surface area (Å²) in [5, 5.41) is 26.8. The molecule has 164 valence electrons. The highest BCUT2D eigenvalue weighted by Gasteiger charge is 2.31. The number of rotatable bonds is 10. The molecule has 0 unspecified atom stereocenters. The van der Waals surface area contributed by atoms with E-state index in [0.29, 0.717) is 5.92 Å². The van der Waals surface area contributed by atoms with Crippen molar-refractivity contribution in [3.05, 3.63) is 49.6 Å². The highest BCUT2D eigenvalue weighted by molar-refractivity contribution is 5.91. The largest absolute Gasteiger partial charge is 0.301 e. The predicted molar refractivity (Wildman–Crippen MR) is 120 cm³/mol. The summed E-state index contributed by atoms with van der Waals surface area (Å²) < 4.78 is 0. The summed E-state index contributed by atoms with van der Waals surface area (Å²) in [5.74, 6) is 0.689. The number of hydrogen-bond acceptors (Lipinski definition) is 6. The molecule has 0 amide bonds. The van der Waals surface area contributed by atoms with Crippen LogP contribution in [0.1, 0.15) is 72.6 Å². The molecule has 2 rings (SSSR count). The van der Waals surface area contributed by atoms with Crippen LogP contribution in [0.25, 0.3) is 0 Å². The van der Waals surface area contributed by atoms with E-state index in [4.69, 9.17) is 0 Å². The van der Waals surface area contributed by atoms with Gasteiger partial charge in [0, 0.05) is 24.1 Å². The molecule has 0 aromatic heterocycles. The maximum absolute atomic E-state index is 11.4. The number of nitrogens with one attached hydrogen (secondary N) is 1. The predicted octanol–water partition coefficient (Wildman–Crippen LogP) is 6.62. The minimum atomic E-state index is -0.643. The van der Waals surface area contributed by atoms with E-state index >= 15 is 0 Å². The van der Waals surface area contributed by atoms with Crippen molar-refractivity contribution >= 4 is 22.8 Å². The minimum absolute atomic E-state index is 0.161. The van der Waals surface area contributed by atoms with Crippen molar-refractivity contribution < 1.29 is 9.85 Å². The van der Waals surface area contributed by atoms with Crippen molar-refractivity contribution in [2.24, 2.45) is 16.9 Å². The lowest BCUT2D eigenvalue weighted by atomic mass is 9.71. The first kappa shape index (κ1) is 23.5. The summed E-state index contributed by atoms with van der Waals surface area (Å²) in [5.41, 5.74) is 6.19. The van der Waals surface area contributed by atoms with Gasteiger partial charge in [-0.25, -0.2) is 0 Å². The Morgan fingerprint density at radius 1 is 1.13 bits per heavy atom. The van der Waals surface area contributed by atoms with E-state index in [0.717, 1.165) is 50.3 Å². The molecule has 30 heavy (non-hydrogen) atoms. The number of benzene rings is 1. The van der Waals surface area contributed by atoms with Crippen molar-refractivity contribution in [3.8, 4) is 0 Å². The Hall–Kier alpha value is -2.77. The van der Waals surface area contributed by atoms with Gasteiger partial charge >= 0.3 is 5.69 Å². The molecule has 0 spiro atoms. The fourth-order valence-corrected chi connectivity index (χ4v) is 4.16. The fourth-order valence-electron chi connectivity index (χ4n) is 4.16. The SMILES string of the molecule is CCCCC1=C(C)C/C(=N/Nc2ccc([N+](=O)[O-])cc2[N+](=O)[O-])[C@@H](C)[C@@H]1CCCC. The zero-order chi connectivity index (χ0) is 22.3. The molecule has 1 aliphatic carbocycles. The summed E-state index contributed by atoms with van der Waals surface area (Å²) in [6.07, 6.45) is 7.63. The number of nitrogens with zero attached hydrogens (tertiary/aromatic N) is 3. The molecule has 0 saturated carbocycles. The maximum Gasteiger partial charge on any atom is 0.301 e. The van der Waals surface area contributed by atoms with E-state index < -0.39 is 9.85 Å². The summed E-state index contributed by atoms with van der Waals surface area (Å²) in [4.78, 5) is 21.0. The quantitative estimate of drug-likeness (QED) is 0.261. The first-order chi connectivity index (χ1) is 14.3. The van der Waals surface area contributed by atoms with Gasteiger partial charge in [-0.2, -0.15) is 5.10 Å². The van der Waals surface area contributed by atoms with E-state index in [2.05, 4.69) is 38.2 Å². The third-order valence-corrected chi connectivity index (χ3v) is 5.95. The molecular weight excluding hydrogens is 384 g/mol. The van der Waals surface area contributed by atoms with E-state index in [1.807, 2.05) is 0 Å². The first-order valence-electron chi connectivity index (χ1n) is 10.7. The highest BCUT2D eigenvalue weighted by atomic mass is 16.6. The Morgan fingerprint density at radius 2 is 1.83 bits per heavy atom. The second-order valence-corrected chi connectivity index (χ2v) is 8.05. The van der Waals surface area contributed by atoms with Crippen LogP contribution in [0.2, 0.25) is 0 Å². The zero-order valence-corrected chi connectivity index (χ0v) is 18.3. The molecule has 0 aliphatic heterocycles. The number of nitro benzene ring substituents is 2. The summed E-state index contributed by atoms with van der Waals surface area (Å²) >= 11 is 0. The normalized spacial score (nSPS) is 20.5. The molecular formula is C22H32N4O4. The van der Waals surface area contributed by atoms with E-state index in [1.54, 1.807) is 5.57 Å². The lowest BCUT2D eigenvalue weighted by Crippen LogP contribution is -2.29. The van der Waals surface area contributed by atoms with Gasteiger partial charge in [-0.3, -0.25) is 25.7 Å². The smallest absolute Gasteiger partial charge is 0.272 e. The monoisotopic (exact) mass is 416 g/mol. The number of hydrogen-bond donors (Lipinski definition) is 1. The van der Waals surface area contributed by atoms with Gasteiger partial charge in [-0.05, 0) is 38.2 Å². The Morgan fingerprint density at radius 3 is 2.43 bits per heavy atom. The maximum atomic E-state index is 11.4. The minimum Gasteiger partial charge on any atom is -0.272 e. The van der Waals surface area contributed by atoms with E-state index in [1.165, 1.54) is 24.1 Å². The van der Waals surface area contributed by atoms with Crippen molar-refractivity contribution in [3.63, 3.8) is 0 Å². The van der Waals surface area contributed by atoms with Crippen LogP contribution in [0, 0.1) is 32.1 Å². The van der Waals surface area contributed by atoms with Crippen molar-refractivity contribution in [1.82, 2.24) is 0 Å². The third kappa shape index (κ3) is 5.64. The van der Waals surface area contributed by atoms with Gasteiger partial charge in [0.1, 0.15) is 5.69 Å². The van der Waals surface area contributed by atoms with Gasteiger partial charge < -0.3 is 0 Å². The second-order valence-electron chi connectivity index (χ2n) is 8.05. The molecule has 0 fully saturated rings. The van der Waals surface area contributed by atoms with Crippen molar-refractivity contribution in [2.45, 2.75) is 72.6 Å². The van der Waals surface area contributed by atoms with Gasteiger partial charge in [-0.1, -0.05) is 51.2 Å². The summed E-state index contributed by atoms with van der Waals surface area (Å²) in [6, 6.07) is 3.56. The molecule has 0 heterocycles. The van der Waals surface area contributed by atoms with Crippen LogP contribution in [-0.4, -0.2) is 15.6 Å². The molecule has 1 aliphatic rings. The fraction of sp³-hybridized carbons (Fsp3) is 0.591. The van der Waals surface area contributed by atoms with Gasteiger partial charge in [0.25, 0.3) is 5.69 Å². The topological polar surface area (TPSA) is 111 Å². The van der Waals surface area contributed by atoms with Crippen LogP contribution in [0.4, 0.5) is 17.1 Å². The Labute approximate surface area is 177 Å². The molecule has 8 heteroatoms. The van der Waals surface area contributed by atoms with Crippen LogP contribution >= 0.6 is 0 Å². The van der Waals surface area contributed by atoms with Crippen LogP contribution in [-0.2, 0) is 0 Å². The van der Waals surface area contributed by atoms with E-state index in [-0.39, 0.29) is 23.0 Å². The molecule has 8 nitrogen and oxygen atoms in total. The molecule has 2 atom stereocenters.